The number of nitrogens with two attached hydrogens (primary N) is 1. The van der Waals surface area contributed by atoms with E-state index in [4.69, 9.17) is 34.0 Å². The van der Waals surface area contributed by atoms with Crippen molar-refractivity contribution < 1.29 is 9.90 Å². The molecule has 1 aromatic rings. The Morgan fingerprint density at radius 3 is 2.54 bits per heavy atom. The molecule has 0 bridgehead atoms. The fourth-order valence-corrected chi connectivity index (χ4v) is 1.30. The Morgan fingerprint density at radius 2 is 2.08 bits per heavy atom. The van der Waals surface area contributed by atoms with Crippen molar-refractivity contribution in [1.82, 2.24) is 0 Å². The van der Waals surface area contributed by atoms with Gasteiger partial charge in [0, 0.05) is 0 Å². The van der Waals surface area contributed by atoms with Gasteiger partial charge in [0.2, 0.25) is 0 Å². The molecule has 70 valence electrons. The second-order valence-corrected chi connectivity index (χ2v) is 3.34. The lowest BCUT2D eigenvalue weighted by Crippen LogP contribution is -2.01. The molecule has 0 aliphatic rings. The van der Waals surface area contributed by atoms with Gasteiger partial charge in [-0.15, -0.1) is 0 Å². The van der Waals surface area contributed by atoms with E-state index in [1.54, 1.807) is 0 Å². The van der Waals surface area contributed by atoms with Crippen molar-refractivity contribution >= 4 is 34.9 Å². The van der Waals surface area contributed by atoms with Gasteiger partial charge in [-0.1, -0.05) is 23.2 Å². The molecule has 0 radical (unpaired) electrons. The van der Waals surface area contributed by atoms with E-state index in [0.717, 1.165) is 0 Å². The zero-order valence-corrected chi connectivity index (χ0v) is 8.06. The van der Waals surface area contributed by atoms with E-state index >= 15 is 0 Å². The van der Waals surface area contributed by atoms with Crippen molar-refractivity contribution in [3.8, 4) is 0 Å². The molecule has 0 spiro atoms. The lowest BCUT2D eigenvalue weighted by molar-refractivity contribution is -0.136. The molecule has 0 saturated carbocycles. The second kappa shape index (κ2) is 3.85. The van der Waals surface area contributed by atoms with Gasteiger partial charge in [0.05, 0.1) is 22.2 Å². The number of aliphatic carboxylic acids is 1. The van der Waals surface area contributed by atoms with Gasteiger partial charge in [-0.25, -0.2) is 0 Å². The molecule has 13 heavy (non-hydrogen) atoms. The largest absolute Gasteiger partial charge is 0.481 e. The minimum absolute atomic E-state index is 0.110. The number of anilines is 1. The van der Waals surface area contributed by atoms with Gasteiger partial charge in [0.25, 0.3) is 0 Å². The monoisotopic (exact) mass is 219 g/mol. The summed E-state index contributed by atoms with van der Waals surface area (Å²) in [5.41, 5.74) is 6.33. The van der Waals surface area contributed by atoms with Gasteiger partial charge in [0.15, 0.2) is 0 Å². The summed E-state index contributed by atoms with van der Waals surface area (Å²) in [6.07, 6.45) is -0.110. The highest BCUT2D eigenvalue weighted by Crippen LogP contribution is 2.29. The lowest BCUT2D eigenvalue weighted by Gasteiger charge is -2.03. The van der Waals surface area contributed by atoms with Gasteiger partial charge < -0.3 is 10.8 Å². The molecule has 1 aromatic carbocycles. The Labute approximate surface area is 85.1 Å². The quantitative estimate of drug-likeness (QED) is 0.751. The Bertz CT molecular complexity index is 329. The van der Waals surface area contributed by atoms with Crippen LogP contribution in [0, 0.1) is 0 Å². The highest BCUT2D eigenvalue weighted by Gasteiger charge is 2.07. The minimum Gasteiger partial charge on any atom is -0.481 e. The van der Waals surface area contributed by atoms with Gasteiger partial charge in [-0.3, -0.25) is 4.79 Å². The van der Waals surface area contributed by atoms with Crippen molar-refractivity contribution in [3.63, 3.8) is 0 Å². The molecule has 0 atom stereocenters. The minimum atomic E-state index is -0.933. The first kappa shape index (κ1) is 10.2. The molecule has 3 nitrogen and oxygen atoms in total. The smallest absolute Gasteiger partial charge is 0.307 e. The first-order chi connectivity index (χ1) is 6.00. The Hall–Kier alpha value is -0.930. The van der Waals surface area contributed by atoms with Crippen molar-refractivity contribution in [2.75, 3.05) is 5.73 Å². The van der Waals surface area contributed by atoms with Crippen molar-refractivity contribution in [1.29, 1.82) is 0 Å². The summed E-state index contributed by atoms with van der Waals surface area (Å²) < 4.78 is 0. The molecule has 0 unspecified atom stereocenters. The predicted molar refractivity (Wildman–Crippen MR) is 52.2 cm³/mol. The van der Waals surface area contributed by atoms with Crippen LogP contribution in [0.3, 0.4) is 0 Å². The lowest BCUT2D eigenvalue weighted by atomic mass is 10.1. The van der Waals surface area contributed by atoms with Gasteiger partial charge >= 0.3 is 5.97 Å². The molecule has 0 fully saturated rings. The van der Waals surface area contributed by atoms with Crippen LogP contribution in [0.1, 0.15) is 5.56 Å². The number of halogens is 2. The highest BCUT2D eigenvalue weighted by atomic mass is 35.5. The van der Waals surface area contributed by atoms with Crippen molar-refractivity contribution in [3.05, 3.63) is 27.7 Å². The zero-order valence-electron chi connectivity index (χ0n) is 6.55. The number of rotatable bonds is 2. The van der Waals surface area contributed by atoms with Gasteiger partial charge in [-0.05, 0) is 17.7 Å². The number of hydrogen-bond donors (Lipinski definition) is 2. The second-order valence-electron chi connectivity index (χ2n) is 2.55. The van der Waals surface area contributed by atoms with Crippen LogP contribution < -0.4 is 5.73 Å². The maximum absolute atomic E-state index is 10.4. The Kier molecular flexibility index (Phi) is 3.01. The predicted octanol–water partition coefficient (Wildman–Crippen LogP) is 2.20. The number of nitrogen functional groups attached to an aromatic ring is 1. The molecule has 0 aliphatic carbocycles. The summed E-state index contributed by atoms with van der Waals surface area (Å²) >= 11 is 11.4. The molecule has 1 rings (SSSR count). The van der Waals surface area contributed by atoms with Crippen LogP contribution in [0.25, 0.3) is 0 Å². The van der Waals surface area contributed by atoms with Crippen LogP contribution >= 0.6 is 23.2 Å². The summed E-state index contributed by atoms with van der Waals surface area (Å²) in [5, 5.41) is 9.04. The van der Waals surface area contributed by atoms with Crippen LogP contribution in [-0.2, 0) is 11.2 Å². The Morgan fingerprint density at radius 1 is 1.46 bits per heavy atom. The zero-order chi connectivity index (χ0) is 10.0. The van der Waals surface area contributed by atoms with Gasteiger partial charge in [-0.2, -0.15) is 0 Å². The molecule has 3 N–H and O–H groups in total. The first-order valence-corrected chi connectivity index (χ1v) is 4.21. The number of benzene rings is 1. The average molecular weight is 220 g/mol. The van der Waals surface area contributed by atoms with Gasteiger partial charge in [0.1, 0.15) is 0 Å². The normalized spacial score (nSPS) is 10.0. The van der Waals surface area contributed by atoms with E-state index in [9.17, 15) is 4.79 Å². The summed E-state index contributed by atoms with van der Waals surface area (Å²) in [6, 6.07) is 3.00. The topological polar surface area (TPSA) is 63.3 Å². The third kappa shape index (κ3) is 2.50. The average Bonchev–Trinajstić information content (AvgIpc) is 1.98. The number of carbonyl (C=O) groups is 1. The van der Waals surface area contributed by atoms with E-state index in [1.165, 1.54) is 12.1 Å². The molecular formula is C8H7Cl2NO2. The summed E-state index contributed by atoms with van der Waals surface area (Å²) in [5.74, 6) is -0.933. The molecule has 5 heteroatoms. The maximum Gasteiger partial charge on any atom is 0.307 e. The van der Waals surface area contributed by atoms with Crippen LogP contribution in [0.5, 0.6) is 0 Å². The van der Waals surface area contributed by atoms with E-state index in [-0.39, 0.29) is 16.5 Å². The molecule has 0 aliphatic heterocycles. The standard InChI is InChI=1S/C8H7Cl2NO2/c9-5-1-4(3-7(12)13)2-6(11)8(5)10/h1-2H,3,11H2,(H,12,13). The van der Waals surface area contributed by atoms with Crippen LogP contribution in [0.15, 0.2) is 12.1 Å². The third-order valence-corrected chi connectivity index (χ3v) is 2.29. The van der Waals surface area contributed by atoms with E-state index < -0.39 is 5.97 Å². The Balaban J connectivity index is 3.06. The van der Waals surface area contributed by atoms with Crippen LogP contribution in [0.4, 0.5) is 5.69 Å². The molecule has 0 heterocycles. The molecule has 0 saturated heterocycles. The van der Waals surface area contributed by atoms with Crippen molar-refractivity contribution in [2.24, 2.45) is 0 Å². The first-order valence-electron chi connectivity index (χ1n) is 3.46. The van der Waals surface area contributed by atoms with E-state index in [1.807, 2.05) is 0 Å². The van der Waals surface area contributed by atoms with Crippen LogP contribution in [-0.4, -0.2) is 11.1 Å². The summed E-state index contributed by atoms with van der Waals surface area (Å²) in [6.45, 7) is 0. The van der Waals surface area contributed by atoms with Crippen LogP contribution in [0.2, 0.25) is 10.0 Å². The molecule has 0 amide bonds. The van der Waals surface area contributed by atoms with Crippen molar-refractivity contribution in [2.45, 2.75) is 6.42 Å². The van der Waals surface area contributed by atoms with E-state index in [0.29, 0.717) is 11.3 Å². The fraction of sp³-hybridized carbons (Fsp3) is 0.125. The molecular weight excluding hydrogens is 213 g/mol. The summed E-state index contributed by atoms with van der Waals surface area (Å²) in [4.78, 5) is 10.4. The SMILES string of the molecule is Nc1cc(CC(=O)O)cc(Cl)c1Cl. The van der Waals surface area contributed by atoms with E-state index in [2.05, 4.69) is 0 Å². The number of carboxylic acids is 1. The fourth-order valence-electron chi connectivity index (χ4n) is 0.945. The molecule has 0 aromatic heterocycles. The number of carboxylic acid groups (broad SMARTS) is 1. The maximum atomic E-state index is 10.4. The summed E-state index contributed by atoms with van der Waals surface area (Å²) in [7, 11) is 0. The third-order valence-electron chi connectivity index (χ3n) is 1.47. The number of hydrogen-bond acceptors (Lipinski definition) is 2. The highest BCUT2D eigenvalue weighted by molar-refractivity contribution is 6.43.